The third kappa shape index (κ3) is 2.31. The second kappa shape index (κ2) is 5.94. The fraction of sp³-hybridized carbons (Fsp3) is 0.720. The Bertz CT molecular complexity index is 706. The summed E-state index contributed by atoms with van der Waals surface area (Å²) in [5.41, 5.74) is 4.35. The van der Waals surface area contributed by atoms with Crippen molar-refractivity contribution in [2.45, 2.75) is 78.1 Å². The summed E-state index contributed by atoms with van der Waals surface area (Å²) >= 11 is 0. The summed E-state index contributed by atoms with van der Waals surface area (Å²) in [4.78, 5) is 4.44. The van der Waals surface area contributed by atoms with E-state index >= 15 is 0 Å². The van der Waals surface area contributed by atoms with Crippen LogP contribution in [-0.4, -0.2) is 4.98 Å². The largest absolute Gasteiger partial charge is 0.264 e. The first-order valence-corrected chi connectivity index (χ1v) is 11.1. The van der Waals surface area contributed by atoms with E-state index in [1.54, 1.807) is 0 Å². The minimum Gasteiger partial charge on any atom is -0.264 e. The van der Waals surface area contributed by atoms with Crippen molar-refractivity contribution in [1.82, 2.24) is 4.98 Å². The van der Waals surface area contributed by atoms with E-state index in [0.717, 1.165) is 29.6 Å². The molecule has 1 aromatic rings. The minimum atomic E-state index is 0.494. The van der Waals surface area contributed by atoms with Crippen molar-refractivity contribution in [3.8, 4) is 0 Å². The average molecular weight is 350 g/mol. The molecule has 4 unspecified atom stereocenters. The van der Waals surface area contributed by atoms with Crippen molar-refractivity contribution >= 4 is 0 Å². The number of hydrogen-bond acceptors (Lipinski definition) is 1. The average Bonchev–Trinajstić information content (AvgIpc) is 3.00. The van der Waals surface area contributed by atoms with Gasteiger partial charge in [-0.05, 0) is 103 Å². The summed E-state index contributed by atoms with van der Waals surface area (Å²) in [7, 11) is 0. The van der Waals surface area contributed by atoms with Gasteiger partial charge in [-0.25, -0.2) is 0 Å². The highest BCUT2D eigenvalue weighted by molar-refractivity contribution is 5.27. The zero-order valence-corrected chi connectivity index (χ0v) is 16.9. The maximum Gasteiger partial charge on any atom is 0.0302 e. The SMILES string of the molecule is C[C@H]1CC[C@@]2(C)C(=CCC3C4CCC(c5cccnc5)[C@@]4(C)CCC32)C1. The van der Waals surface area contributed by atoms with Crippen LogP contribution in [0.3, 0.4) is 0 Å². The lowest BCUT2D eigenvalue weighted by Crippen LogP contribution is -2.49. The Balaban J connectivity index is 1.47. The fourth-order valence-electron chi connectivity index (χ4n) is 7.97. The van der Waals surface area contributed by atoms with Gasteiger partial charge in [-0.2, -0.15) is 0 Å². The zero-order valence-electron chi connectivity index (χ0n) is 16.9. The van der Waals surface area contributed by atoms with Crippen molar-refractivity contribution in [1.29, 1.82) is 0 Å². The van der Waals surface area contributed by atoms with Crippen LogP contribution in [0.25, 0.3) is 0 Å². The highest BCUT2D eigenvalue weighted by Crippen LogP contribution is 2.68. The maximum atomic E-state index is 4.44. The van der Waals surface area contributed by atoms with Gasteiger partial charge >= 0.3 is 0 Å². The molecule has 0 aliphatic heterocycles. The lowest BCUT2D eigenvalue weighted by Gasteiger charge is -2.58. The van der Waals surface area contributed by atoms with Crippen LogP contribution in [0.15, 0.2) is 36.2 Å². The third-order valence-electron chi connectivity index (χ3n) is 9.44. The number of pyridine rings is 1. The summed E-state index contributed by atoms with van der Waals surface area (Å²) in [6.07, 6.45) is 18.1. The molecule has 3 fully saturated rings. The Morgan fingerprint density at radius 3 is 2.73 bits per heavy atom. The Hall–Kier alpha value is -1.11. The van der Waals surface area contributed by atoms with Gasteiger partial charge in [0, 0.05) is 12.4 Å². The number of rotatable bonds is 1. The summed E-state index contributed by atoms with van der Waals surface area (Å²) in [5.74, 6) is 4.42. The summed E-state index contributed by atoms with van der Waals surface area (Å²) in [5, 5.41) is 0. The molecule has 1 heteroatoms. The number of fused-ring (bicyclic) bond motifs is 5. The predicted octanol–water partition coefficient (Wildman–Crippen LogP) is 6.76. The molecule has 3 saturated carbocycles. The van der Waals surface area contributed by atoms with E-state index in [4.69, 9.17) is 0 Å². The Morgan fingerprint density at radius 1 is 1.04 bits per heavy atom. The normalized spacial score (nSPS) is 47.5. The van der Waals surface area contributed by atoms with E-state index in [2.05, 4.69) is 50.2 Å². The van der Waals surface area contributed by atoms with Gasteiger partial charge < -0.3 is 0 Å². The smallest absolute Gasteiger partial charge is 0.0302 e. The molecule has 0 bridgehead atoms. The molecule has 1 aromatic heterocycles. The van der Waals surface area contributed by atoms with Crippen LogP contribution in [0.4, 0.5) is 0 Å². The van der Waals surface area contributed by atoms with Crippen molar-refractivity contribution in [2.75, 3.05) is 0 Å². The van der Waals surface area contributed by atoms with Gasteiger partial charge in [0.25, 0.3) is 0 Å². The van der Waals surface area contributed by atoms with Crippen molar-refractivity contribution in [2.24, 2.45) is 34.5 Å². The van der Waals surface area contributed by atoms with Gasteiger partial charge in [0.05, 0.1) is 0 Å². The molecule has 7 atom stereocenters. The molecule has 4 aliphatic rings. The Morgan fingerprint density at radius 2 is 1.92 bits per heavy atom. The molecular formula is C25H35N. The van der Waals surface area contributed by atoms with Crippen LogP contribution in [0.5, 0.6) is 0 Å². The van der Waals surface area contributed by atoms with Crippen LogP contribution >= 0.6 is 0 Å². The third-order valence-corrected chi connectivity index (χ3v) is 9.44. The van der Waals surface area contributed by atoms with E-state index in [0.29, 0.717) is 10.8 Å². The topological polar surface area (TPSA) is 12.9 Å². The van der Waals surface area contributed by atoms with Crippen LogP contribution in [0.2, 0.25) is 0 Å². The van der Waals surface area contributed by atoms with Gasteiger partial charge in [0.15, 0.2) is 0 Å². The Labute approximate surface area is 159 Å². The molecule has 1 heterocycles. The van der Waals surface area contributed by atoms with Gasteiger partial charge in [-0.1, -0.05) is 38.5 Å². The quantitative estimate of drug-likeness (QED) is 0.510. The maximum absolute atomic E-state index is 4.44. The monoisotopic (exact) mass is 349 g/mol. The summed E-state index contributed by atoms with van der Waals surface area (Å²) in [6.45, 7) is 7.72. The number of allylic oxidation sites excluding steroid dienone is 2. The van der Waals surface area contributed by atoms with E-state index in [9.17, 15) is 0 Å². The van der Waals surface area contributed by atoms with Gasteiger partial charge in [-0.3, -0.25) is 4.98 Å². The molecular weight excluding hydrogens is 314 g/mol. The van der Waals surface area contributed by atoms with E-state index in [-0.39, 0.29) is 0 Å². The van der Waals surface area contributed by atoms with E-state index in [1.807, 2.05) is 11.8 Å². The molecule has 0 radical (unpaired) electrons. The van der Waals surface area contributed by atoms with Crippen LogP contribution in [0, 0.1) is 34.5 Å². The molecule has 5 rings (SSSR count). The van der Waals surface area contributed by atoms with E-state index < -0.39 is 0 Å². The number of hydrogen-bond donors (Lipinski definition) is 0. The second-order valence-corrected chi connectivity index (χ2v) is 10.6. The predicted molar refractivity (Wildman–Crippen MR) is 108 cm³/mol. The van der Waals surface area contributed by atoms with Crippen molar-refractivity contribution < 1.29 is 0 Å². The zero-order chi connectivity index (χ0) is 17.9. The van der Waals surface area contributed by atoms with Crippen molar-refractivity contribution in [3.63, 3.8) is 0 Å². The highest BCUT2D eigenvalue weighted by Gasteiger charge is 2.58. The van der Waals surface area contributed by atoms with Gasteiger partial charge in [-0.15, -0.1) is 0 Å². The number of nitrogens with zero attached hydrogens (tertiary/aromatic N) is 1. The molecule has 0 aromatic carbocycles. The molecule has 1 nitrogen and oxygen atoms in total. The first-order chi connectivity index (χ1) is 12.5. The first-order valence-electron chi connectivity index (χ1n) is 11.1. The molecule has 26 heavy (non-hydrogen) atoms. The summed E-state index contributed by atoms with van der Waals surface area (Å²) < 4.78 is 0. The fourth-order valence-corrected chi connectivity index (χ4v) is 7.97. The van der Waals surface area contributed by atoms with E-state index in [1.165, 1.54) is 56.9 Å². The standard InChI is InChI=1S/C25H35N/c1-17-10-12-24(2)19(15-17)6-7-20-22-9-8-21(18-5-4-14-26-16-18)25(22,3)13-11-23(20)24/h4-6,14,16-17,20-23H,7-13,15H2,1-3H3/t17-,20?,21?,22?,23?,24-,25+/m0/s1. The van der Waals surface area contributed by atoms with Crippen LogP contribution in [-0.2, 0) is 0 Å². The number of aromatic nitrogens is 1. The minimum absolute atomic E-state index is 0.494. The lowest BCUT2D eigenvalue weighted by atomic mass is 9.47. The van der Waals surface area contributed by atoms with Crippen molar-refractivity contribution in [3.05, 3.63) is 41.7 Å². The highest BCUT2D eigenvalue weighted by atomic mass is 14.7. The lowest BCUT2D eigenvalue weighted by molar-refractivity contribution is -0.0338. The molecule has 0 spiro atoms. The first kappa shape index (κ1) is 17.0. The molecule has 0 amide bonds. The van der Waals surface area contributed by atoms with Gasteiger partial charge in [0.1, 0.15) is 0 Å². The van der Waals surface area contributed by atoms with Crippen LogP contribution < -0.4 is 0 Å². The summed E-state index contributed by atoms with van der Waals surface area (Å²) in [6, 6.07) is 4.47. The molecule has 140 valence electrons. The van der Waals surface area contributed by atoms with Gasteiger partial charge in [0.2, 0.25) is 0 Å². The van der Waals surface area contributed by atoms with Crippen LogP contribution in [0.1, 0.15) is 83.6 Å². The molecule has 0 N–H and O–H groups in total. The molecule has 0 saturated heterocycles. The molecule has 4 aliphatic carbocycles. The Kier molecular flexibility index (Phi) is 3.89. The second-order valence-electron chi connectivity index (χ2n) is 10.6.